The van der Waals surface area contributed by atoms with E-state index in [1.807, 2.05) is 0 Å². The molecule has 0 fully saturated rings. The highest BCUT2D eigenvalue weighted by molar-refractivity contribution is 5.77. The van der Waals surface area contributed by atoms with Crippen LogP contribution in [0.25, 0.3) is 11.0 Å². The minimum Gasteiger partial charge on any atom is -0.459 e. The van der Waals surface area contributed by atoms with Crippen LogP contribution in [0.15, 0.2) is 34.7 Å². The van der Waals surface area contributed by atoms with E-state index in [2.05, 4.69) is 0 Å². The number of benzene rings is 1. The van der Waals surface area contributed by atoms with E-state index in [4.69, 9.17) is 10.2 Å². The van der Waals surface area contributed by atoms with Crippen LogP contribution in [0.2, 0.25) is 0 Å². The summed E-state index contributed by atoms with van der Waals surface area (Å²) >= 11 is 0. The van der Waals surface area contributed by atoms with Crippen LogP contribution in [0.5, 0.6) is 0 Å². The highest BCUT2D eigenvalue weighted by Crippen LogP contribution is 2.33. The third kappa shape index (κ3) is 1.83. The van der Waals surface area contributed by atoms with E-state index in [-0.39, 0.29) is 5.76 Å². The van der Waals surface area contributed by atoms with E-state index >= 15 is 0 Å². The molecule has 0 bridgehead atoms. The fourth-order valence-corrected chi connectivity index (χ4v) is 1.32. The normalized spacial score (nSPS) is 14.4. The number of hydrogen-bond acceptors (Lipinski definition) is 2. The molecule has 2 rings (SSSR count). The first kappa shape index (κ1) is 10.0. The van der Waals surface area contributed by atoms with Crippen molar-refractivity contribution in [3.63, 3.8) is 0 Å². The average Bonchev–Trinajstić information content (AvgIpc) is 2.58. The van der Waals surface area contributed by atoms with Crippen LogP contribution >= 0.6 is 0 Å². The Kier molecular flexibility index (Phi) is 2.19. The molecule has 0 spiro atoms. The van der Waals surface area contributed by atoms with E-state index in [0.717, 1.165) is 0 Å². The standard InChI is InChI=1S/C10H8F3NO/c11-10(12,13)9(14)8-5-6-3-1-2-4-7(6)15-8/h1-5,9H,14H2/t9-/m0/s1. The highest BCUT2D eigenvalue weighted by Gasteiger charge is 2.40. The van der Waals surface area contributed by atoms with Crippen molar-refractivity contribution < 1.29 is 17.6 Å². The fourth-order valence-electron chi connectivity index (χ4n) is 1.32. The molecule has 1 aromatic heterocycles. The first-order chi connectivity index (χ1) is 6.98. The molecule has 5 heteroatoms. The monoisotopic (exact) mass is 215 g/mol. The summed E-state index contributed by atoms with van der Waals surface area (Å²) in [6.07, 6.45) is -4.48. The summed E-state index contributed by atoms with van der Waals surface area (Å²) in [5.74, 6) is -0.260. The van der Waals surface area contributed by atoms with Gasteiger partial charge in [0.25, 0.3) is 0 Å². The molecule has 0 amide bonds. The highest BCUT2D eigenvalue weighted by atomic mass is 19.4. The van der Waals surface area contributed by atoms with Gasteiger partial charge in [0, 0.05) is 5.39 Å². The lowest BCUT2D eigenvalue weighted by Gasteiger charge is -2.12. The van der Waals surface area contributed by atoms with Gasteiger partial charge in [-0.2, -0.15) is 13.2 Å². The van der Waals surface area contributed by atoms with Crippen LogP contribution in [0, 0.1) is 0 Å². The molecule has 0 aliphatic rings. The topological polar surface area (TPSA) is 39.2 Å². The van der Waals surface area contributed by atoms with Gasteiger partial charge in [0.1, 0.15) is 11.3 Å². The van der Waals surface area contributed by atoms with Gasteiger partial charge in [-0.3, -0.25) is 0 Å². The number of alkyl halides is 3. The van der Waals surface area contributed by atoms with Crippen molar-refractivity contribution in [3.8, 4) is 0 Å². The molecule has 0 unspecified atom stereocenters. The summed E-state index contributed by atoms with van der Waals surface area (Å²) in [7, 11) is 0. The lowest BCUT2D eigenvalue weighted by Crippen LogP contribution is -2.27. The van der Waals surface area contributed by atoms with E-state index in [1.165, 1.54) is 6.07 Å². The van der Waals surface area contributed by atoms with Crippen molar-refractivity contribution in [2.45, 2.75) is 12.2 Å². The average molecular weight is 215 g/mol. The van der Waals surface area contributed by atoms with Crippen molar-refractivity contribution in [1.82, 2.24) is 0 Å². The molecule has 1 atom stereocenters. The molecule has 0 saturated heterocycles. The van der Waals surface area contributed by atoms with Gasteiger partial charge in [-0.1, -0.05) is 18.2 Å². The second-order valence-electron chi connectivity index (χ2n) is 3.21. The zero-order valence-corrected chi connectivity index (χ0v) is 7.58. The number of rotatable bonds is 1. The van der Waals surface area contributed by atoms with Gasteiger partial charge in [0.2, 0.25) is 0 Å². The van der Waals surface area contributed by atoms with Gasteiger partial charge in [0.15, 0.2) is 6.04 Å². The third-order valence-corrected chi connectivity index (χ3v) is 2.10. The number of para-hydroxylation sites is 1. The first-order valence-electron chi connectivity index (χ1n) is 4.29. The predicted molar refractivity (Wildman–Crippen MR) is 49.2 cm³/mol. The van der Waals surface area contributed by atoms with Crippen LogP contribution in [-0.2, 0) is 0 Å². The number of halogens is 3. The molecular weight excluding hydrogens is 207 g/mol. The maximum atomic E-state index is 12.3. The number of hydrogen-bond donors (Lipinski definition) is 1. The molecule has 2 N–H and O–H groups in total. The van der Waals surface area contributed by atoms with Gasteiger partial charge in [0.05, 0.1) is 0 Å². The number of nitrogens with two attached hydrogens (primary N) is 1. The van der Waals surface area contributed by atoms with Crippen LogP contribution in [0.4, 0.5) is 13.2 Å². The van der Waals surface area contributed by atoms with Gasteiger partial charge < -0.3 is 10.2 Å². The van der Waals surface area contributed by atoms with Crippen molar-refractivity contribution >= 4 is 11.0 Å². The maximum Gasteiger partial charge on any atom is 0.410 e. The zero-order chi connectivity index (χ0) is 11.1. The number of furan rings is 1. The SMILES string of the molecule is N[C@@H](c1cc2ccccc2o1)C(F)(F)F. The summed E-state index contributed by atoms with van der Waals surface area (Å²) in [4.78, 5) is 0. The Morgan fingerprint density at radius 1 is 1.20 bits per heavy atom. The summed E-state index contributed by atoms with van der Waals surface area (Å²) in [6, 6.07) is 5.93. The minimum absolute atomic E-state index is 0.260. The van der Waals surface area contributed by atoms with Crippen molar-refractivity contribution in [2.75, 3.05) is 0 Å². The van der Waals surface area contributed by atoms with Gasteiger partial charge >= 0.3 is 6.18 Å². The Bertz CT molecular complexity index is 442. The second-order valence-corrected chi connectivity index (χ2v) is 3.21. The van der Waals surface area contributed by atoms with Crippen molar-refractivity contribution in [2.24, 2.45) is 5.73 Å². The van der Waals surface area contributed by atoms with Crippen molar-refractivity contribution in [1.29, 1.82) is 0 Å². The van der Waals surface area contributed by atoms with Crippen molar-refractivity contribution in [3.05, 3.63) is 36.1 Å². The lowest BCUT2D eigenvalue weighted by atomic mass is 10.2. The van der Waals surface area contributed by atoms with Crippen LogP contribution in [-0.4, -0.2) is 6.18 Å². The Labute approximate surface area is 83.5 Å². The summed E-state index contributed by atoms with van der Waals surface area (Å²) in [5, 5.41) is 0.618. The molecule has 0 aliphatic heterocycles. The van der Waals surface area contributed by atoms with Crippen LogP contribution in [0.3, 0.4) is 0 Å². The lowest BCUT2D eigenvalue weighted by molar-refractivity contribution is -0.152. The Morgan fingerprint density at radius 3 is 2.47 bits per heavy atom. The van der Waals surface area contributed by atoms with Gasteiger partial charge in [-0.25, -0.2) is 0 Å². The summed E-state index contributed by atoms with van der Waals surface area (Å²) in [5.41, 5.74) is 5.43. The second kappa shape index (κ2) is 3.27. The Hall–Kier alpha value is -1.49. The first-order valence-corrected chi connectivity index (χ1v) is 4.29. The zero-order valence-electron chi connectivity index (χ0n) is 7.58. The van der Waals surface area contributed by atoms with Gasteiger partial charge in [-0.05, 0) is 12.1 Å². The maximum absolute atomic E-state index is 12.3. The van der Waals surface area contributed by atoms with E-state index < -0.39 is 12.2 Å². The Balaban J connectivity index is 2.45. The largest absolute Gasteiger partial charge is 0.459 e. The molecule has 1 heterocycles. The summed E-state index contributed by atoms with van der Waals surface area (Å²) < 4.78 is 41.8. The molecule has 0 radical (unpaired) electrons. The predicted octanol–water partition coefficient (Wildman–Crippen LogP) is 2.99. The molecule has 1 aromatic carbocycles. The molecule has 0 aliphatic carbocycles. The Morgan fingerprint density at radius 2 is 1.87 bits per heavy atom. The molecule has 0 saturated carbocycles. The quantitative estimate of drug-likeness (QED) is 0.794. The van der Waals surface area contributed by atoms with E-state index in [0.29, 0.717) is 11.0 Å². The molecular formula is C10H8F3NO. The fraction of sp³-hybridized carbons (Fsp3) is 0.200. The third-order valence-electron chi connectivity index (χ3n) is 2.10. The van der Waals surface area contributed by atoms with Crippen LogP contribution < -0.4 is 5.73 Å². The molecule has 2 nitrogen and oxygen atoms in total. The van der Waals surface area contributed by atoms with Crippen LogP contribution in [0.1, 0.15) is 11.8 Å². The molecule has 2 aromatic rings. The summed E-state index contributed by atoms with van der Waals surface area (Å²) in [6.45, 7) is 0. The number of fused-ring (bicyclic) bond motifs is 1. The molecule has 15 heavy (non-hydrogen) atoms. The van der Waals surface area contributed by atoms with Gasteiger partial charge in [-0.15, -0.1) is 0 Å². The molecule has 80 valence electrons. The van der Waals surface area contributed by atoms with E-state index in [9.17, 15) is 13.2 Å². The van der Waals surface area contributed by atoms with E-state index in [1.54, 1.807) is 24.3 Å². The smallest absolute Gasteiger partial charge is 0.410 e. The minimum atomic E-state index is -4.48.